The predicted molar refractivity (Wildman–Crippen MR) is 95.5 cm³/mol. The largest absolute Gasteiger partial charge is 0.304 e. The molecule has 2 atom stereocenters. The average Bonchev–Trinajstić information content (AvgIpc) is 2.52. The van der Waals surface area contributed by atoms with Gasteiger partial charge >= 0.3 is 0 Å². The molecule has 23 heavy (non-hydrogen) atoms. The molecule has 136 valence electrons. The van der Waals surface area contributed by atoms with E-state index in [-0.39, 0.29) is 0 Å². The molecule has 0 bridgehead atoms. The zero-order chi connectivity index (χ0) is 17.0. The van der Waals surface area contributed by atoms with E-state index in [1.807, 2.05) is 0 Å². The van der Waals surface area contributed by atoms with Gasteiger partial charge in [0.1, 0.15) is 0 Å². The van der Waals surface area contributed by atoms with Gasteiger partial charge in [-0.1, -0.05) is 27.7 Å². The maximum atomic E-state index is 12.9. The van der Waals surface area contributed by atoms with Crippen LogP contribution >= 0.6 is 0 Å². The van der Waals surface area contributed by atoms with Crippen LogP contribution in [0.5, 0.6) is 0 Å². The standard InChI is InChI=1S/C17H35N3O2S/c1-5-18(6-2)14-17-7-9-19(10-8-17)23(21,22)20-12-15(3)11-16(4)13-20/h15-17H,5-14H2,1-4H3/t15-,16+. The molecule has 0 spiro atoms. The summed E-state index contributed by atoms with van der Waals surface area (Å²) in [6.45, 7) is 14.7. The van der Waals surface area contributed by atoms with Gasteiger partial charge in [-0.3, -0.25) is 0 Å². The fraction of sp³-hybridized carbons (Fsp3) is 1.00. The van der Waals surface area contributed by atoms with Crippen LogP contribution in [0.3, 0.4) is 0 Å². The van der Waals surface area contributed by atoms with Crippen LogP contribution in [0.2, 0.25) is 0 Å². The second-order valence-corrected chi connectivity index (χ2v) is 9.53. The zero-order valence-electron chi connectivity index (χ0n) is 15.4. The lowest BCUT2D eigenvalue weighted by Gasteiger charge is -2.40. The van der Waals surface area contributed by atoms with E-state index in [1.54, 1.807) is 8.61 Å². The Morgan fingerprint density at radius 3 is 1.96 bits per heavy atom. The maximum absolute atomic E-state index is 12.9. The highest BCUT2D eigenvalue weighted by molar-refractivity contribution is 7.86. The van der Waals surface area contributed by atoms with Gasteiger partial charge in [-0.25, -0.2) is 0 Å². The molecule has 2 fully saturated rings. The zero-order valence-corrected chi connectivity index (χ0v) is 16.2. The Morgan fingerprint density at radius 2 is 1.48 bits per heavy atom. The molecule has 2 heterocycles. The second kappa shape index (κ2) is 8.28. The maximum Gasteiger partial charge on any atom is 0.281 e. The Morgan fingerprint density at radius 1 is 0.957 bits per heavy atom. The Kier molecular flexibility index (Phi) is 6.89. The molecular weight excluding hydrogens is 310 g/mol. The summed E-state index contributed by atoms with van der Waals surface area (Å²) in [4.78, 5) is 2.45. The molecule has 6 heteroatoms. The first-order chi connectivity index (χ1) is 10.9. The Hall–Kier alpha value is -0.170. The summed E-state index contributed by atoms with van der Waals surface area (Å²) in [6, 6.07) is 0. The van der Waals surface area contributed by atoms with Gasteiger partial charge in [0.25, 0.3) is 10.2 Å². The molecule has 0 aromatic heterocycles. The van der Waals surface area contributed by atoms with Gasteiger partial charge < -0.3 is 4.90 Å². The summed E-state index contributed by atoms with van der Waals surface area (Å²) in [5.41, 5.74) is 0. The van der Waals surface area contributed by atoms with E-state index in [0.29, 0.717) is 43.9 Å². The van der Waals surface area contributed by atoms with Crippen LogP contribution in [-0.4, -0.2) is 67.7 Å². The van der Waals surface area contributed by atoms with Crippen molar-refractivity contribution < 1.29 is 8.42 Å². The second-order valence-electron chi connectivity index (χ2n) is 7.60. The molecule has 5 nitrogen and oxygen atoms in total. The summed E-state index contributed by atoms with van der Waals surface area (Å²) in [5, 5.41) is 0. The van der Waals surface area contributed by atoms with Crippen molar-refractivity contribution in [1.82, 2.24) is 13.5 Å². The Labute approximate surface area is 143 Å². The fourth-order valence-corrected chi connectivity index (χ4v) is 6.01. The monoisotopic (exact) mass is 345 g/mol. The van der Waals surface area contributed by atoms with Crippen LogP contribution in [0.15, 0.2) is 0 Å². The summed E-state index contributed by atoms with van der Waals surface area (Å²) in [6.07, 6.45) is 3.13. The Balaban J connectivity index is 1.90. The van der Waals surface area contributed by atoms with Crippen LogP contribution in [0.25, 0.3) is 0 Å². The first-order valence-corrected chi connectivity index (χ1v) is 10.7. The van der Waals surface area contributed by atoms with Crippen molar-refractivity contribution in [1.29, 1.82) is 0 Å². The smallest absolute Gasteiger partial charge is 0.281 e. The highest BCUT2D eigenvalue weighted by Gasteiger charge is 2.36. The van der Waals surface area contributed by atoms with Gasteiger partial charge in [-0.15, -0.1) is 0 Å². The van der Waals surface area contributed by atoms with E-state index in [4.69, 9.17) is 0 Å². The lowest BCUT2D eigenvalue weighted by molar-refractivity contribution is 0.175. The van der Waals surface area contributed by atoms with E-state index in [9.17, 15) is 8.42 Å². The lowest BCUT2D eigenvalue weighted by Crippen LogP contribution is -2.52. The summed E-state index contributed by atoms with van der Waals surface area (Å²) in [5.74, 6) is 1.57. The van der Waals surface area contributed by atoms with Gasteiger partial charge in [0.15, 0.2) is 0 Å². The number of nitrogens with zero attached hydrogens (tertiary/aromatic N) is 3. The molecule has 0 radical (unpaired) electrons. The minimum atomic E-state index is -3.26. The Bertz CT molecular complexity index is 446. The van der Waals surface area contributed by atoms with Crippen LogP contribution in [0, 0.1) is 17.8 Å². The molecule has 2 rings (SSSR count). The van der Waals surface area contributed by atoms with Gasteiger partial charge in [0, 0.05) is 32.7 Å². The van der Waals surface area contributed by atoms with E-state index < -0.39 is 10.2 Å². The van der Waals surface area contributed by atoms with E-state index in [0.717, 1.165) is 38.9 Å². The van der Waals surface area contributed by atoms with Crippen molar-refractivity contribution >= 4 is 10.2 Å². The van der Waals surface area contributed by atoms with E-state index in [2.05, 4.69) is 32.6 Å². The third kappa shape index (κ3) is 4.91. The van der Waals surface area contributed by atoms with Gasteiger partial charge in [0.2, 0.25) is 0 Å². The van der Waals surface area contributed by atoms with E-state index in [1.165, 1.54) is 0 Å². The number of piperidine rings is 2. The fourth-order valence-electron chi connectivity index (χ4n) is 4.13. The predicted octanol–water partition coefficient (Wildman–Crippen LogP) is 2.26. The van der Waals surface area contributed by atoms with Crippen LogP contribution in [0.1, 0.15) is 47.0 Å². The highest BCUT2D eigenvalue weighted by atomic mass is 32.2. The quantitative estimate of drug-likeness (QED) is 0.742. The van der Waals surface area contributed by atoms with Gasteiger partial charge in [-0.05, 0) is 50.1 Å². The van der Waals surface area contributed by atoms with Crippen molar-refractivity contribution in [2.75, 3.05) is 45.8 Å². The first kappa shape index (κ1) is 19.2. The molecule has 0 aromatic rings. The normalized spacial score (nSPS) is 29.3. The van der Waals surface area contributed by atoms with Crippen LogP contribution in [-0.2, 0) is 10.2 Å². The molecule has 0 aromatic carbocycles. The van der Waals surface area contributed by atoms with Crippen molar-refractivity contribution in [3.63, 3.8) is 0 Å². The van der Waals surface area contributed by atoms with Gasteiger partial charge in [-0.2, -0.15) is 17.0 Å². The number of hydrogen-bond donors (Lipinski definition) is 0. The van der Waals surface area contributed by atoms with Crippen molar-refractivity contribution in [2.45, 2.75) is 47.0 Å². The van der Waals surface area contributed by atoms with Crippen molar-refractivity contribution in [3.05, 3.63) is 0 Å². The molecular formula is C17H35N3O2S. The SMILES string of the molecule is CCN(CC)CC1CCN(S(=O)(=O)N2C[C@H](C)C[C@H](C)C2)CC1. The average molecular weight is 346 g/mol. The van der Waals surface area contributed by atoms with Crippen molar-refractivity contribution in [3.8, 4) is 0 Å². The minimum absolute atomic E-state index is 0.466. The minimum Gasteiger partial charge on any atom is -0.304 e. The molecule has 2 aliphatic rings. The summed E-state index contributed by atoms with van der Waals surface area (Å²) >= 11 is 0. The topological polar surface area (TPSA) is 43.9 Å². The van der Waals surface area contributed by atoms with Crippen LogP contribution < -0.4 is 0 Å². The molecule has 0 amide bonds. The molecule has 0 saturated carbocycles. The molecule has 0 aliphatic carbocycles. The third-order valence-electron chi connectivity index (χ3n) is 5.47. The third-order valence-corrected chi connectivity index (χ3v) is 7.44. The number of hydrogen-bond acceptors (Lipinski definition) is 3. The first-order valence-electron chi connectivity index (χ1n) is 9.34. The highest BCUT2D eigenvalue weighted by Crippen LogP contribution is 2.27. The molecule has 2 saturated heterocycles. The molecule has 2 aliphatic heterocycles. The summed E-state index contributed by atoms with van der Waals surface area (Å²) < 4.78 is 29.3. The van der Waals surface area contributed by atoms with Crippen molar-refractivity contribution in [2.24, 2.45) is 17.8 Å². The van der Waals surface area contributed by atoms with Gasteiger partial charge in [0.05, 0.1) is 0 Å². The molecule has 0 unspecified atom stereocenters. The van der Waals surface area contributed by atoms with E-state index >= 15 is 0 Å². The lowest BCUT2D eigenvalue weighted by atomic mass is 9.94. The summed E-state index contributed by atoms with van der Waals surface area (Å²) in [7, 11) is -3.26. The molecule has 0 N–H and O–H groups in total. The number of rotatable bonds is 6. The van der Waals surface area contributed by atoms with Crippen LogP contribution in [0.4, 0.5) is 0 Å².